The summed E-state index contributed by atoms with van der Waals surface area (Å²) in [7, 11) is -3.62. The summed E-state index contributed by atoms with van der Waals surface area (Å²) in [5.41, 5.74) is 0. The monoisotopic (exact) mass is 256 g/mol. The van der Waals surface area contributed by atoms with Gasteiger partial charge in [0, 0.05) is 16.2 Å². The molecule has 0 bridgehead atoms. The fraction of sp³-hybridized carbons (Fsp3) is 0.100. The highest BCUT2D eigenvalue weighted by molar-refractivity contribution is 7.86. The number of rotatable bonds is 2. The molecule has 0 saturated heterocycles. The van der Waals surface area contributed by atoms with Gasteiger partial charge < -0.3 is 4.18 Å². The van der Waals surface area contributed by atoms with Gasteiger partial charge >= 0.3 is 10.1 Å². The number of fused-ring (bicyclic) bond motifs is 1. The highest BCUT2D eigenvalue weighted by Gasteiger charge is 2.09. The van der Waals surface area contributed by atoms with E-state index in [9.17, 15) is 13.2 Å². The Balaban J connectivity index is 2.73. The van der Waals surface area contributed by atoms with Gasteiger partial charge in [0.15, 0.2) is 5.75 Å². The molecule has 0 radical (unpaired) electrons. The summed E-state index contributed by atoms with van der Waals surface area (Å²) in [4.78, 5) is 11.3. The standard InChI is InChI=1S/C10H8O4S2/c1-16(12,13)14-8-6-10(11)15-9-5-3-2-4-7(8)9/h2-6H,1H3. The number of hydrogen-bond donors (Lipinski definition) is 0. The average molecular weight is 256 g/mol. The first kappa shape index (κ1) is 11.1. The van der Waals surface area contributed by atoms with Crippen molar-refractivity contribution in [2.24, 2.45) is 0 Å². The zero-order valence-electron chi connectivity index (χ0n) is 8.34. The minimum atomic E-state index is -3.62. The molecule has 1 aromatic heterocycles. The van der Waals surface area contributed by atoms with Crippen LogP contribution in [0.4, 0.5) is 0 Å². The van der Waals surface area contributed by atoms with Gasteiger partial charge in [0.2, 0.25) is 4.74 Å². The van der Waals surface area contributed by atoms with Crippen LogP contribution in [0, 0.1) is 0 Å². The number of hydrogen-bond acceptors (Lipinski definition) is 5. The van der Waals surface area contributed by atoms with E-state index in [-0.39, 0.29) is 10.5 Å². The van der Waals surface area contributed by atoms with Crippen LogP contribution in [0.1, 0.15) is 0 Å². The number of benzene rings is 1. The summed E-state index contributed by atoms with van der Waals surface area (Å²) >= 11 is 1.05. The van der Waals surface area contributed by atoms with Crippen LogP contribution >= 0.6 is 11.3 Å². The van der Waals surface area contributed by atoms with Crippen molar-refractivity contribution in [1.29, 1.82) is 0 Å². The average Bonchev–Trinajstić information content (AvgIpc) is 2.14. The molecule has 1 aromatic carbocycles. The lowest BCUT2D eigenvalue weighted by Gasteiger charge is -2.05. The van der Waals surface area contributed by atoms with Crippen LogP contribution < -0.4 is 8.93 Å². The fourth-order valence-electron chi connectivity index (χ4n) is 1.31. The summed E-state index contributed by atoms with van der Waals surface area (Å²) in [5, 5.41) is 0.623. The minimum Gasteiger partial charge on any atom is -0.382 e. The quantitative estimate of drug-likeness (QED) is 0.766. The topological polar surface area (TPSA) is 60.4 Å². The molecular weight excluding hydrogens is 248 g/mol. The Kier molecular flexibility index (Phi) is 2.69. The first-order chi connectivity index (χ1) is 7.46. The van der Waals surface area contributed by atoms with Crippen LogP contribution in [0.5, 0.6) is 5.75 Å². The second kappa shape index (κ2) is 3.88. The summed E-state index contributed by atoms with van der Waals surface area (Å²) in [6.45, 7) is 0. The van der Waals surface area contributed by atoms with E-state index < -0.39 is 10.1 Å². The molecule has 0 unspecified atom stereocenters. The van der Waals surface area contributed by atoms with Crippen molar-refractivity contribution < 1.29 is 12.6 Å². The van der Waals surface area contributed by atoms with E-state index in [0.29, 0.717) is 10.1 Å². The van der Waals surface area contributed by atoms with E-state index in [1.165, 1.54) is 6.07 Å². The van der Waals surface area contributed by atoms with E-state index in [0.717, 1.165) is 17.6 Å². The Morgan fingerprint density at radius 1 is 1.25 bits per heavy atom. The Bertz CT molecular complexity index is 685. The Morgan fingerprint density at radius 2 is 1.94 bits per heavy atom. The molecule has 0 aliphatic rings. The van der Waals surface area contributed by atoms with Crippen LogP contribution in [0.15, 0.2) is 35.1 Å². The summed E-state index contributed by atoms with van der Waals surface area (Å²) in [5.74, 6) is 0.0850. The first-order valence-electron chi connectivity index (χ1n) is 4.38. The smallest absolute Gasteiger partial charge is 0.306 e. The van der Waals surface area contributed by atoms with Crippen LogP contribution in [-0.4, -0.2) is 14.7 Å². The Labute approximate surface area is 96.2 Å². The predicted molar refractivity (Wildman–Crippen MR) is 63.6 cm³/mol. The molecule has 0 aliphatic heterocycles. The lowest BCUT2D eigenvalue weighted by Crippen LogP contribution is -2.07. The maximum Gasteiger partial charge on any atom is 0.306 e. The lowest BCUT2D eigenvalue weighted by atomic mass is 10.2. The van der Waals surface area contributed by atoms with Crippen molar-refractivity contribution >= 4 is 31.5 Å². The molecular formula is C10H8O4S2. The lowest BCUT2D eigenvalue weighted by molar-refractivity contribution is 0.495. The molecule has 0 aliphatic carbocycles. The van der Waals surface area contributed by atoms with Gasteiger partial charge in [-0.25, -0.2) is 0 Å². The van der Waals surface area contributed by atoms with Gasteiger partial charge in [0.05, 0.1) is 6.26 Å². The van der Waals surface area contributed by atoms with Gasteiger partial charge in [0.1, 0.15) is 0 Å². The molecule has 0 fully saturated rings. The van der Waals surface area contributed by atoms with Crippen LogP contribution in [0.2, 0.25) is 0 Å². The Morgan fingerprint density at radius 3 is 2.62 bits per heavy atom. The third kappa shape index (κ3) is 2.40. The minimum absolute atomic E-state index is 0.0850. The molecule has 2 aromatic rings. The van der Waals surface area contributed by atoms with Crippen molar-refractivity contribution in [3.05, 3.63) is 39.9 Å². The maximum atomic E-state index is 11.3. The van der Waals surface area contributed by atoms with Gasteiger partial charge in [-0.15, -0.1) is 0 Å². The van der Waals surface area contributed by atoms with E-state index in [2.05, 4.69) is 0 Å². The van der Waals surface area contributed by atoms with Gasteiger partial charge in [-0.2, -0.15) is 8.42 Å². The zero-order valence-corrected chi connectivity index (χ0v) is 9.97. The second-order valence-electron chi connectivity index (χ2n) is 3.21. The van der Waals surface area contributed by atoms with Gasteiger partial charge in [-0.3, -0.25) is 4.79 Å². The zero-order chi connectivity index (χ0) is 11.8. The second-order valence-corrected chi connectivity index (χ2v) is 5.83. The van der Waals surface area contributed by atoms with Crippen molar-refractivity contribution in [3.63, 3.8) is 0 Å². The molecule has 0 N–H and O–H groups in total. The highest BCUT2D eigenvalue weighted by atomic mass is 32.2. The van der Waals surface area contributed by atoms with E-state index in [4.69, 9.17) is 4.18 Å². The molecule has 84 valence electrons. The van der Waals surface area contributed by atoms with Gasteiger partial charge in [0.25, 0.3) is 0 Å². The van der Waals surface area contributed by atoms with Crippen LogP contribution in [-0.2, 0) is 10.1 Å². The third-order valence-electron chi connectivity index (χ3n) is 1.85. The van der Waals surface area contributed by atoms with Crippen LogP contribution in [0.25, 0.3) is 10.1 Å². The molecule has 0 saturated carbocycles. The molecule has 16 heavy (non-hydrogen) atoms. The largest absolute Gasteiger partial charge is 0.382 e. The highest BCUT2D eigenvalue weighted by Crippen LogP contribution is 2.26. The molecule has 4 nitrogen and oxygen atoms in total. The van der Waals surface area contributed by atoms with Gasteiger partial charge in [-0.1, -0.05) is 23.5 Å². The van der Waals surface area contributed by atoms with Crippen molar-refractivity contribution in [2.75, 3.05) is 6.26 Å². The molecule has 0 spiro atoms. The third-order valence-corrected chi connectivity index (χ3v) is 3.23. The van der Waals surface area contributed by atoms with Gasteiger partial charge in [-0.05, 0) is 12.1 Å². The fourth-order valence-corrected chi connectivity index (χ4v) is 2.59. The summed E-state index contributed by atoms with van der Waals surface area (Å²) in [6, 6.07) is 8.19. The molecule has 6 heteroatoms. The van der Waals surface area contributed by atoms with E-state index in [1.807, 2.05) is 0 Å². The maximum absolute atomic E-state index is 11.3. The van der Waals surface area contributed by atoms with E-state index >= 15 is 0 Å². The molecule has 2 rings (SSSR count). The SMILES string of the molecule is CS(=O)(=O)Oc1cc(=O)sc2ccccc12. The molecule has 1 heterocycles. The van der Waals surface area contributed by atoms with Crippen molar-refractivity contribution in [1.82, 2.24) is 0 Å². The summed E-state index contributed by atoms with van der Waals surface area (Å²) < 4.78 is 27.3. The normalized spacial score (nSPS) is 11.6. The van der Waals surface area contributed by atoms with Crippen molar-refractivity contribution in [3.8, 4) is 5.75 Å². The van der Waals surface area contributed by atoms with Crippen molar-refractivity contribution in [2.45, 2.75) is 0 Å². The Hall–Kier alpha value is -1.40. The first-order valence-corrected chi connectivity index (χ1v) is 7.01. The predicted octanol–water partition coefficient (Wildman–Crippen LogP) is 1.60. The van der Waals surface area contributed by atoms with E-state index in [1.54, 1.807) is 24.3 Å². The molecule has 0 amide bonds. The summed E-state index contributed by atoms with van der Waals surface area (Å²) in [6.07, 6.45) is 0.947. The van der Waals surface area contributed by atoms with Crippen LogP contribution in [0.3, 0.4) is 0 Å². The molecule has 0 atom stereocenters.